The van der Waals surface area contributed by atoms with Crippen molar-refractivity contribution in [1.29, 1.82) is 0 Å². The summed E-state index contributed by atoms with van der Waals surface area (Å²) in [7, 11) is 1.51. The van der Waals surface area contributed by atoms with Crippen molar-refractivity contribution < 1.29 is 24.1 Å². The number of benzene rings is 1. The molecular weight excluding hydrogens is 346 g/mol. The lowest BCUT2D eigenvalue weighted by Crippen LogP contribution is -2.25. The average molecular weight is 373 g/mol. The maximum absolute atomic E-state index is 12.0. The van der Waals surface area contributed by atoms with Gasteiger partial charge < -0.3 is 19.3 Å². The van der Waals surface area contributed by atoms with Gasteiger partial charge in [0.15, 0.2) is 0 Å². The number of ether oxygens (including phenoxy) is 3. The van der Waals surface area contributed by atoms with Crippen LogP contribution in [0.5, 0.6) is 5.88 Å². The Morgan fingerprint density at radius 3 is 2.48 bits per heavy atom. The van der Waals surface area contributed by atoms with E-state index in [2.05, 4.69) is 4.98 Å². The number of esters is 1. The van der Waals surface area contributed by atoms with E-state index in [-0.39, 0.29) is 13.0 Å². The van der Waals surface area contributed by atoms with E-state index in [1.165, 1.54) is 13.3 Å². The zero-order chi connectivity index (χ0) is 19.9. The topological polar surface area (TPSA) is 77.9 Å². The molecule has 0 saturated carbocycles. The number of methoxy groups -OCH3 is 1. The van der Waals surface area contributed by atoms with Crippen molar-refractivity contribution in [3.63, 3.8) is 0 Å². The number of hydrogen-bond acceptors (Lipinski definition) is 6. The van der Waals surface area contributed by atoms with Crippen LogP contribution in [0.15, 0.2) is 42.6 Å². The van der Waals surface area contributed by atoms with Gasteiger partial charge in [-0.25, -0.2) is 4.98 Å². The fourth-order valence-corrected chi connectivity index (χ4v) is 2.62. The third kappa shape index (κ3) is 6.66. The van der Waals surface area contributed by atoms with Gasteiger partial charge >= 0.3 is 5.97 Å². The third-order valence-corrected chi connectivity index (χ3v) is 3.74. The van der Waals surface area contributed by atoms with E-state index in [4.69, 9.17) is 14.2 Å². The molecule has 0 saturated heterocycles. The van der Waals surface area contributed by atoms with Gasteiger partial charge in [-0.2, -0.15) is 0 Å². The number of carbonyl (C=O) groups excluding carboxylic acids is 1. The summed E-state index contributed by atoms with van der Waals surface area (Å²) in [6.07, 6.45) is 0.343. The monoisotopic (exact) mass is 373 g/mol. The lowest BCUT2D eigenvalue weighted by molar-refractivity contribution is -0.157. The largest absolute Gasteiger partial charge is 0.481 e. The number of hydrogen-bond donors (Lipinski definition) is 1. The van der Waals surface area contributed by atoms with Gasteiger partial charge in [-0.1, -0.05) is 30.3 Å². The molecule has 27 heavy (non-hydrogen) atoms. The molecule has 6 nitrogen and oxygen atoms in total. The molecule has 0 spiro atoms. The van der Waals surface area contributed by atoms with Crippen LogP contribution < -0.4 is 4.74 Å². The highest BCUT2D eigenvalue weighted by Crippen LogP contribution is 2.28. The highest BCUT2D eigenvalue weighted by atomic mass is 16.6. The van der Waals surface area contributed by atoms with Crippen molar-refractivity contribution in [2.75, 3.05) is 7.11 Å². The molecule has 0 fully saturated rings. The van der Waals surface area contributed by atoms with E-state index >= 15 is 0 Å². The lowest BCUT2D eigenvalue weighted by atomic mass is 10.0. The van der Waals surface area contributed by atoms with E-state index in [1.807, 2.05) is 30.3 Å². The van der Waals surface area contributed by atoms with E-state index in [1.54, 1.807) is 26.8 Å². The Balaban J connectivity index is 2.10. The quantitative estimate of drug-likeness (QED) is 0.713. The average Bonchev–Trinajstić information content (AvgIpc) is 2.60. The molecule has 0 amide bonds. The number of aromatic nitrogens is 1. The summed E-state index contributed by atoms with van der Waals surface area (Å²) in [5, 5.41) is 10.6. The maximum Gasteiger partial charge on any atom is 0.309 e. The van der Waals surface area contributed by atoms with Crippen LogP contribution in [0.2, 0.25) is 0 Å². The molecule has 0 aliphatic rings. The molecule has 1 aromatic heterocycles. The minimum atomic E-state index is -1.04. The summed E-state index contributed by atoms with van der Waals surface area (Å²) >= 11 is 0. The van der Waals surface area contributed by atoms with E-state index < -0.39 is 17.7 Å². The summed E-state index contributed by atoms with van der Waals surface area (Å²) in [6, 6.07) is 11.4. The molecule has 1 N–H and O–H groups in total. The third-order valence-electron chi connectivity index (χ3n) is 3.74. The molecule has 0 radical (unpaired) electrons. The molecule has 1 heterocycles. The van der Waals surface area contributed by atoms with Crippen LogP contribution in [0.1, 0.15) is 50.0 Å². The van der Waals surface area contributed by atoms with Crippen LogP contribution in [-0.4, -0.2) is 28.8 Å². The molecule has 0 bridgehead atoms. The van der Waals surface area contributed by atoms with Crippen LogP contribution in [0, 0.1) is 0 Å². The Labute approximate surface area is 160 Å². The Hall–Kier alpha value is -2.44. The highest BCUT2D eigenvalue weighted by Gasteiger charge is 2.23. The van der Waals surface area contributed by atoms with Crippen LogP contribution in [0.4, 0.5) is 0 Å². The second-order valence-corrected chi connectivity index (χ2v) is 7.17. The maximum atomic E-state index is 12.0. The second-order valence-electron chi connectivity index (χ2n) is 7.17. The van der Waals surface area contributed by atoms with E-state index in [9.17, 15) is 9.90 Å². The zero-order valence-electron chi connectivity index (χ0n) is 16.3. The van der Waals surface area contributed by atoms with Crippen molar-refractivity contribution in [2.45, 2.75) is 52.1 Å². The van der Waals surface area contributed by atoms with Gasteiger partial charge in [0.2, 0.25) is 5.88 Å². The highest BCUT2D eigenvalue weighted by molar-refractivity contribution is 5.70. The minimum absolute atomic E-state index is 0.157. The molecule has 1 atom stereocenters. The number of aliphatic hydroxyl groups is 1. The van der Waals surface area contributed by atoms with Crippen LogP contribution in [-0.2, 0) is 27.5 Å². The number of aliphatic hydroxyl groups excluding tert-OH is 1. The predicted molar refractivity (Wildman–Crippen MR) is 101 cm³/mol. The first-order valence-electron chi connectivity index (χ1n) is 8.83. The molecule has 0 aliphatic heterocycles. The number of pyridine rings is 1. The van der Waals surface area contributed by atoms with Gasteiger partial charge in [0.1, 0.15) is 5.60 Å². The summed E-state index contributed by atoms with van der Waals surface area (Å²) in [6.45, 7) is 5.98. The fraction of sp³-hybridized carbons (Fsp3) is 0.429. The Morgan fingerprint density at radius 2 is 1.85 bits per heavy atom. The van der Waals surface area contributed by atoms with Crippen molar-refractivity contribution >= 4 is 5.97 Å². The predicted octanol–water partition coefficient (Wildman–Crippen LogP) is 3.57. The van der Waals surface area contributed by atoms with Gasteiger partial charge in [-0.15, -0.1) is 0 Å². The number of carbonyl (C=O) groups is 1. The van der Waals surface area contributed by atoms with Crippen LogP contribution in [0.25, 0.3) is 0 Å². The van der Waals surface area contributed by atoms with Gasteiger partial charge in [-0.3, -0.25) is 4.79 Å². The smallest absolute Gasteiger partial charge is 0.309 e. The first-order chi connectivity index (χ1) is 12.8. The van der Waals surface area contributed by atoms with Gasteiger partial charge in [-0.05, 0) is 38.0 Å². The molecular formula is C21H27NO5. The first kappa shape index (κ1) is 20.9. The molecule has 146 valence electrons. The van der Waals surface area contributed by atoms with Gasteiger partial charge in [0.05, 0.1) is 32.8 Å². The van der Waals surface area contributed by atoms with Gasteiger partial charge in [0, 0.05) is 11.8 Å². The van der Waals surface area contributed by atoms with Gasteiger partial charge in [0.25, 0.3) is 0 Å². The summed E-state index contributed by atoms with van der Waals surface area (Å²) in [5.74, 6) is -0.106. The molecule has 2 rings (SSSR count). The minimum Gasteiger partial charge on any atom is -0.481 e. The summed E-state index contributed by atoms with van der Waals surface area (Å²) < 4.78 is 16.4. The van der Waals surface area contributed by atoms with Crippen LogP contribution >= 0.6 is 0 Å². The van der Waals surface area contributed by atoms with Crippen molar-refractivity contribution in [3.05, 3.63) is 59.3 Å². The molecule has 6 heteroatoms. The Kier molecular flexibility index (Phi) is 7.33. The van der Waals surface area contributed by atoms with E-state index in [0.717, 1.165) is 5.56 Å². The lowest BCUT2D eigenvalue weighted by Gasteiger charge is -2.22. The Bertz CT molecular complexity index is 740. The zero-order valence-corrected chi connectivity index (χ0v) is 16.3. The SMILES string of the molecule is COc1nccc(C(O)CC(=O)OC(C)(C)C)c1COCc1ccccc1. The molecule has 0 aliphatic carbocycles. The number of nitrogens with zero attached hydrogens (tertiary/aromatic N) is 1. The fourth-order valence-electron chi connectivity index (χ4n) is 2.62. The molecule has 2 aromatic rings. The van der Waals surface area contributed by atoms with Crippen molar-refractivity contribution in [3.8, 4) is 5.88 Å². The normalized spacial score (nSPS) is 12.5. The number of rotatable bonds is 8. The Morgan fingerprint density at radius 1 is 1.15 bits per heavy atom. The first-order valence-corrected chi connectivity index (χ1v) is 8.83. The van der Waals surface area contributed by atoms with Crippen molar-refractivity contribution in [1.82, 2.24) is 4.98 Å². The second kappa shape index (κ2) is 9.48. The van der Waals surface area contributed by atoms with E-state index in [0.29, 0.717) is 23.6 Å². The standard InChI is InChI=1S/C21H27NO5/c1-21(2,3)27-19(24)12-18(23)16-10-11-22-20(25-4)17(16)14-26-13-15-8-6-5-7-9-15/h5-11,18,23H,12-14H2,1-4H3. The molecule has 1 unspecified atom stereocenters. The van der Waals surface area contributed by atoms with Crippen LogP contribution in [0.3, 0.4) is 0 Å². The van der Waals surface area contributed by atoms with Crippen molar-refractivity contribution in [2.24, 2.45) is 0 Å². The summed E-state index contributed by atoms with van der Waals surface area (Å²) in [4.78, 5) is 16.2. The summed E-state index contributed by atoms with van der Waals surface area (Å²) in [5.41, 5.74) is 1.60. The molecule has 1 aromatic carbocycles.